The molecule has 0 atom stereocenters. The fraction of sp³-hybridized carbons (Fsp3) is 0.741. The summed E-state index contributed by atoms with van der Waals surface area (Å²) < 4.78 is 36.3. The fourth-order valence-corrected chi connectivity index (χ4v) is 7.85. The molecule has 1 heterocycles. The van der Waals surface area contributed by atoms with E-state index in [0.29, 0.717) is 37.3 Å². The summed E-state index contributed by atoms with van der Waals surface area (Å²) in [7, 11) is -4.02. The second kappa shape index (κ2) is 10.5. The van der Waals surface area contributed by atoms with Gasteiger partial charge in [0.05, 0.1) is 4.90 Å². The summed E-state index contributed by atoms with van der Waals surface area (Å²) in [5, 5.41) is 2.87. The van der Waals surface area contributed by atoms with Crippen LogP contribution in [0.25, 0.3) is 0 Å². The van der Waals surface area contributed by atoms with Crippen LogP contribution in [0.2, 0.25) is 0 Å². The van der Waals surface area contributed by atoms with Crippen molar-refractivity contribution in [3.8, 4) is 0 Å². The number of nitrogens with one attached hydrogen (secondary N) is 1. The zero-order valence-electron chi connectivity index (χ0n) is 21.6. The topological polar surface area (TPSA) is 137 Å². The van der Waals surface area contributed by atoms with Gasteiger partial charge in [-0.2, -0.15) is 18.2 Å². The Balaban J connectivity index is 0.000000215. The Morgan fingerprint density at radius 1 is 1.03 bits per heavy atom. The Morgan fingerprint density at radius 3 is 2.16 bits per heavy atom. The largest absolute Gasteiger partial charge is 0.355 e. The van der Waals surface area contributed by atoms with Crippen molar-refractivity contribution in [2.75, 3.05) is 13.1 Å². The highest BCUT2D eigenvalue weighted by molar-refractivity contribution is 7.85. The summed E-state index contributed by atoms with van der Waals surface area (Å²) in [5.74, 6) is 2.26. The molecule has 1 aromatic carbocycles. The molecule has 9 nitrogen and oxygen atoms in total. The van der Waals surface area contributed by atoms with Crippen molar-refractivity contribution in [1.82, 2.24) is 5.32 Å². The maximum absolute atomic E-state index is 11.9. The molecule has 0 unspecified atom stereocenters. The summed E-state index contributed by atoms with van der Waals surface area (Å²) in [6, 6.07) is 5.99. The summed E-state index contributed by atoms with van der Waals surface area (Å²) in [6.45, 7) is 2.89. The van der Waals surface area contributed by atoms with Crippen LogP contribution in [0, 0.1) is 36.5 Å². The lowest BCUT2D eigenvalue weighted by molar-refractivity contribution is -0.390. The third-order valence-corrected chi connectivity index (χ3v) is 9.94. The van der Waals surface area contributed by atoms with E-state index in [1.807, 2.05) is 6.92 Å². The van der Waals surface area contributed by atoms with E-state index in [-0.39, 0.29) is 10.8 Å². The lowest BCUT2D eigenvalue weighted by Crippen LogP contribution is -2.59. The number of hydrogen-bond acceptors (Lipinski definition) is 7. The molecule has 1 aliphatic heterocycles. The third kappa shape index (κ3) is 5.74. The van der Waals surface area contributed by atoms with Crippen LogP contribution in [-0.4, -0.2) is 43.5 Å². The van der Waals surface area contributed by atoms with Crippen LogP contribution in [0.5, 0.6) is 0 Å². The molecule has 1 aromatic rings. The molecule has 6 aliphatic rings. The van der Waals surface area contributed by atoms with Crippen LogP contribution in [0.15, 0.2) is 29.2 Å². The summed E-state index contributed by atoms with van der Waals surface area (Å²) in [5.41, 5.74) is 6.40. The van der Waals surface area contributed by atoms with E-state index in [1.165, 1.54) is 44.2 Å². The summed E-state index contributed by atoms with van der Waals surface area (Å²) in [6.07, 6.45) is 10.6. The average molecular weight is 537 g/mol. The molecule has 5 aliphatic carbocycles. The minimum absolute atomic E-state index is 0.0666. The second-order valence-corrected chi connectivity index (χ2v) is 13.2. The lowest BCUT2D eigenvalue weighted by atomic mass is 9.53. The van der Waals surface area contributed by atoms with E-state index in [0.717, 1.165) is 43.1 Å². The fourth-order valence-electron chi connectivity index (χ4n) is 7.37. The van der Waals surface area contributed by atoms with Crippen LogP contribution < -0.4 is 11.1 Å². The number of carbonyl (C=O) groups excluding carboxylic acids is 1. The number of rotatable bonds is 5. The van der Waals surface area contributed by atoms with Gasteiger partial charge in [-0.1, -0.05) is 17.7 Å². The van der Waals surface area contributed by atoms with Crippen molar-refractivity contribution in [1.29, 1.82) is 0 Å². The Bertz CT molecular complexity index is 1040. The minimum atomic E-state index is -4.02. The molecule has 37 heavy (non-hydrogen) atoms. The van der Waals surface area contributed by atoms with Gasteiger partial charge in [-0.15, -0.1) is 0 Å². The van der Waals surface area contributed by atoms with E-state index in [9.17, 15) is 13.2 Å². The molecule has 5 saturated carbocycles. The number of hydrogen-bond donors (Lipinski definition) is 3. The zero-order valence-corrected chi connectivity index (χ0v) is 22.4. The molecular weight excluding hydrogens is 496 g/mol. The highest BCUT2D eigenvalue weighted by Crippen LogP contribution is 2.63. The van der Waals surface area contributed by atoms with Crippen LogP contribution in [-0.2, 0) is 29.4 Å². The summed E-state index contributed by atoms with van der Waals surface area (Å²) >= 11 is 0. The van der Waals surface area contributed by atoms with Crippen LogP contribution in [0.4, 0.5) is 0 Å². The highest BCUT2D eigenvalue weighted by Gasteiger charge is 2.66. The van der Waals surface area contributed by atoms with Gasteiger partial charge < -0.3 is 15.8 Å². The standard InChI is InChI=1S/C20H32N2O4.C7H8O3S/c21-5-6-22-18(23)12-13-1-3-19(4-2-13)24-20(26-25-19)16-8-14-7-15(10-16)11-17(20)9-14;1-6-2-4-7(5-3-6)11(8,9)10/h13-17H,1-12,21H2,(H,22,23);2-5H,1H3,(H,8,9,10). The number of aryl methyl sites for hydroxylation is 1. The van der Waals surface area contributed by atoms with Crippen molar-refractivity contribution < 1.29 is 32.3 Å². The SMILES string of the molecule is Cc1ccc(S(=O)(=O)O)cc1.NCCNC(=O)CC1CCC2(CC1)OOC1(O2)C2CC3CC(C2)CC1C3. The van der Waals surface area contributed by atoms with E-state index < -0.39 is 21.7 Å². The first-order valence-corrected chi connectivity index (χ1v) is 15.1. The van der Waals surface area contributed by atoms with Crippen molar-refractivity contribution in [3.05, 3.63) is 29.8 Å². The lowest BCUT2D eigenvalue weighted by Gasteiger charge is -2.57. The first kappa shape index (κ1) is 27.0. The van der Waals surface area contributed by atoms with E-state index in [4.69, 9.17) is 24.8 Å². The zero-order chi connectivity index (χ0) is 26.3. The maximum atomic E-state index is 11.9. The maximum Gasteiger partial charge on any atom is 0.294 e. The van der Waals surface area contributed by atoms with Gasteiger partial charge in [0.25, 0.3) is 10.1 Å². The van der Waals surface area contributed by atoms with Crippen molar-refractivity contribution in [2.24, 2.45) is 35.3 Å². The quantitative estimate of drug-likeness (QED) is 0.383. The first-order valence-electron chi connectivity index (χ1n) is 13.7. The second-order valence-electron chi connectivity index (χ2n) is 11.8. The van der Waals surface area contributed by atoms with Gasteiger partial charge in [-0.25, -0.2) is 0 Å². The van der Waals surface area contributed by atoms with Crippen LogP contribution in [0.1, 0.15) is 69.8 Å². The normalized spacial score (nSPS) is 38.0. The molecular formula is C27H40N2O7S. The molecule has 0 radical (unpaired) electrons. The van der Waals surface area contributed by atoms with Gasteiger partial charge in [0.1, 0.15) is 0 Å². The molecule has 2 spiro atoms. The highest BCUT2D eigenvalue weighted by atomic mass is 32.2. The first-order chi connectivity index (χ1) is 17.6. The molecule has 1 amide bonds. The van der Waals surface area contributed by atoms with Crippen molar-refractivity contribution >= 4 is 16.0 Å². The minimum Gasteiger partial charge on any atom is -0.355 e. The monoisotopic (exact) mass is 536 g/mol. The number of carbonyl (C=O) groups is 1. The predicted molar refractivity (Wildman–Crippen MR) is 135 cm³/mol. The molecule has 206 valence electrons. The number of ether oxygens (including phenoxy) is 1. The Kier molecular flexibility index (Phi) is 7.70. The molecule has 6 fully saturated rings. The molecule has 4 N–H and O–H groups in total. The van der Waals surface area contributed by atoms with Gasteiger partial charge in [-0.05, 0) is 81.8 Å². The van der Waals surface area contributed by atoms with Gasteiger partial charge >= 0.3 is 0 Å². The Labute approximate surface area is 219 Å². The van der Waals surface area contributed by atoms with Crippen LogP contribution >= 0.6 is 0 Å². The van der Waals surface area contributed by atoms with Crippen molar-refractivity contribution in [3.63, 3.8) is 0 Å². The molecule has 4 bridgehead atoms. The van der Waals surface area contributed by atoms with Gasteiger partial charge in [0.15, 0.2) is 0 Å². The number of nitrogens with two attached hydrogens (primary N) is 1. The predicted octanol–water partition coefficient (Wildman–Crippen LogP) is 3.71. The average Bonchev–Trinajstić information content (AvgIpc) is 3.22. The molecule has 1 saturated heterocycles. The van der Waals surface area contributed by atoms with Gasteiger partial charge in [0.2, 0.25) is 17.5 Å². The van der Waals surface area contributed by atoms with E-state index in [1.54, 1.807) is 12.1 Å². The van der Waals surface area contributed by atoms with E-state index in [2.05, 4.69) is 5.32 Å². The molecule has 7 rings (SSSR count). The number of benzene rings is 1. The molecule has 0 aromatic heterocycles. The number of amides is 1. The van der Waals surface area contributed by atoms with Crippen molar-refractivity contribution in [2.45, 2.75) is 87.6 Å². The molecule has 10 heteroatoms. The smallest absolute Gasteiger partial charge is 0.294 e. The van der Waals surface area contributed by atoms with Gasteiger partial charge in [0, 0.05) is 44.2 Å². The Morgan fingerprint density at radius 2 is 1.62 bits per heavy atom. The van der Waals surface area contributed by atoms with Crippen LogP contribution in [0.3, 0.4) is 0 Å². The Hall–Kier alpha value is -1.56. The van der Waals surface area contributed by atoms with E-state index >= 15 is 0 Å². The third-order valence-electron chi connectivity index (χ3n) is 9.07. The van der Waals surface area contributed by atoms with Gasteiger partial charge in [-0.3, -0.25) is 9.35 Å². The summed E-state index contributed by atoms with van der Waals surface area (Å²) in [4.78, 5) is 23.9.